The SMILES string of the molecule is Nc1ccc(Oc2ccc3nc(NC(=O)C4CC4)sc3n2)cc1F. The number of rotatable bonds is 4. The van der Waals surface area contributed by atoms with Crippen molar-refractivity contribution in [1.29, 1.82) is 0 Å². The molecule has 6 nitrogen and oxygen atoms in total. The van der Waals surface area contributed by atoms with Crippen molar-refractivity contribution >= 4 is 38.4 Å². The van der Waals surface area contributed by atoms with Crippen molar-refractivity contribution in [2.24, 2.45) is 5.92 Å². The third-order valence-corrected chi connectivity index (χ3v) is 4.48. The molecule has 8 heteroatoms. The lowest BCUT2D eigenvalue weighted by molar-refractivity contribution is -0.117. The van der Waals surface area contributed by atoms with Crippen molar-refractivity contribution in [2.45, 2.75) is 12.8 Å². The van der Waals surface area contributed by atoms with Gasteiger partial charge in [0.25, 0.3) is 0 Å². The topological polar surface area (TPSA) is 90.1 Å². The fourth-order valence-corrected chi connectivity index (χ4v) is 2.99. The molecular formula is C16H13FN4O2S. The first-order valence-corrected chi connectivity index (χ1v) is 8.21. The van der Waals surface area contributed by atoms with E-state index in [0.717, 1.165) is 12.8 Å². The van der Waals surface area contributed by atoms with Gasteiger partial charge in [-0.05, 0) is 31.0 Å². The highest BCUT2D eigenvalue weighted by Crippen LogP contribution is 2.32. The largest absolute Gasteiger partial charge is 0.439 e. The Labute approximate surface area is 140 Å². The summed E-state index contributed by atoms with van der Waals surface area (Å²) in [6, 6.07) is 7.59. The van der Waals surface area contributed by atoms with Gasteiger partial charge < -0.3 is 15.8 Å². The lowest BCUT2D eigenvalue weighted by atomic mass is 10.3. The molecule has 0 aliphatic heterocycles. The molecule has 0 bridgehead atoms. The van der Waals surface area contributed by atoms with E-state index < -0.39 is 5.82 Å². The molecule has 4 rings (SSSR count). The summed E-state index contributed by atoms with van der Waals surface area (Å²) in [6.07, 6.45) is 1.87. The number of ether oxygens (including phenoxy) is 1. The Kier molecular flexibility index (Phi) is 3.53. The van der Waals surface area contributed by atoms with Crippen LogP contribution in [-0.2, 0) is 4.79 Å². The fourth-order valence-electron chi connectivity index (χ4n) is 2.16. The number of pyridine rings is 1. The number of fused-ring (bicyclic) bond motifs is 1. The quantitative estimate of drug-likeness (QED) is 0.706. The summed E-state index contributed by atoms with van der Waals surface area (Å²) in [7, 11) is 0. The maximum atomic E-state index is 13.5. The number of amides is 1. The average Bonchev–Trinajstić information content (AvgIpc) is 3.32. The Morgan fingerprint density at radius 3 is 2.88 bits per heavy atom. The van der Waals surface area contributed by atoms with E-state index in [9.17, 15) is 9.18 Å². The predicted octanol–water partition coefficient (Wildman–Crippen LogP) is 3.55. The van der Waals surface area contributed by atoms with E-state index in [1.165, 1.54) is 23.5 Å². The van der Waals surface area contributed by atoms with Crippen LogP contribution in [0.15, 0.2) is 30.3 Å². The second-order valence-corrected chi connectivity index (χ2v) is 6.52. The molecular weight excluding hydrogens is 331 g/mol. The van der Waals surface area contributed by atoms with Gasteiger partial charge in [0, 0.05) is 18.1 Å². The van der Waals surface area contributed by atoms with Crippen LogP contribution in [0.5, 0.6) is 11.6 Å². The van der Waals surface area contributed by atoms with Crippen LogP contribution in [0.2, 0.25) is 0 Å². The number of carbonyl (C=O) groups excluding carboxylic acids is 1. The number of anilines is 2. The molecule has 2 aromatic heterocycles. The molecule has 1 aliphatic rings. The second-order valence-electron chi connectivity index (χ2n) is 5.54. The van der Waals surface area contributed by atoms with Crippen LogP contribution in [0.25, 0.3) is 10.3 Å². The minimum atomic E-state index is -0.545. The van der Waals surface area contributed by atoms with Crippen LogP contribution in [0.4, 0.5) is 15.2 Å². The number of aromatic nitrogens is 2. The number of nitrogens with one attached hydrogen (secondary N) is 1. The summed E-state index contributed by atoms with van der Waals surface area (Å²) in [5.41, 5.74) is 6.17. The van der Waals surface area contributed by atoms with Gasteiger partial charge in [-0.2, -0.15) is 0 Å². The van der Waals surface area contributed by atoms with Crippen molar-refractivity contribution < 1.29 is 13.9 Å². The Bertz CT molecular complexity index is 939. The second kappa shape index (κ2) is 5.72. The molecule has 1 aromatic carbocycles. The van der Waals surface area contributed by atoms with Crippen LogP contribution in [0.3, 0.4) is 0 Å². The summed E-state index contributed by atoms with van der Waals surface area (Å²) in [5.74, 6) is 0.194. The van der Waals surface area contributed by atoms with Crippen LogP contribution < -0.4 is 15.8 Å². The molecule has 0 atom stereocenters. The van der Waals surface area contributed by atoms with Gasteiger partial charge in [0.05, 0.1) is 5.69 Å². The number of thiazole rings is 1. The normalized spacial score (nSPS) is 13.9. The van der Waals surface area contributed by atoms with Crippen molar-refractivity contribution in [3.05, 3.63) is 36.1 Å². The summed E-state index contributed by atoms with van der Waals surface area (Å²) < 4.78 is 19.0. The first-order valence-electron chi connectivity index (χ1n) is 7.40. The molecule has 0 unspecified atom stereocenters. The Morgan fingerprint density at radius 1 is 1.29 bits per heavy atom. The zero-order chi connectivity index (χ0) is 16.7. The fraction of sp³-hybridized carbons (Fsp3) is 0.188. The molecule has 1 amide bonds. The highest BCUT2D eigenvalue weighted by Gasteiger charge is 2.30. The number of benzene rings is 1. The first kappa shape index (κ1) is 14.8. The molecule has 2 heterocycles. The highest BCUT2D eigenvalue weighted by atomic mass is 32.1. The van der Waals surface area contributed by atoms with Gasteiger partial charge in [-0.1, -0.05) is 11.3 Å². The zero-order valence-corrected chi connectivity index (χ0v) is 13.3. The van der Waals surface area contributed by atoms with Crippen LogP contribution in [0, 0.1) is 11.7 Å². The van der Waals surface area contributed by atoms with E-state index >= 15 is 0 Å². The van der Waals surface area contributed by atoms with Crippen LogP contribution in [0.1, 0.15) is 12.8 Å². The molecule has 0 radical (unpaired) electrons. The van der Waals surface area contributed by atoms with Crippen LogP contribution >= 0.6 is 11.3 Å². The zero-order valence-electron chi connectivity index (χ0n) is 12.5. The van der Waals surface area contributed by atoms with E-state index in [0.29, 0.717) is 27.1 Å². The minimum absolute atomic E-state index is 0.00267. The van der Waals surface area contributed by atoms with E-state index in [4.69, 9.17) is 10.5 Å². The Hall–Kier alpha value is -2.74. The Balaban J connectivity index is 1.55. The molecule has 24 heavy (non-hydrogen) atoms. The Morgan fingerprint density at radius 2 is 2.12 bits per heavy atom. The number of carbonyl (C=O) groups is 1. The van der Waals surface area contributed by atoms with Gasteiger partial charge in [0.1, 0.15) is 21.9 Å². The minimum Gasteiger partial charge on any atom is -0.439 e. The lowest BCUT2D eigenvalue weighted by Crippen LogP contribution is -2.12. The predicted molar refractivity (Wildman–Crippen MR) is 89.7 cm³/mol. The molecule has 1 aliphatic carbocycles. The van der Waals surface area contributed by atoms with E-state index in [1.807, 2.05) is 0 Å². The number of nitrogen functional groups attached to an aromatic ring is 1. The molecule has 1 saturated carbocycles. The number of nitrogens with zero attached hydrogens (tertiary/aromatic N) is 2. The van der Waals surface area contributed by atoms with Gasteiger partial charge in [0.2, 0.25) is 11.8 Å². The van der Waals surface area contributed by atoms with Gasteiger partial charge in [-0.3, -0.25) is 4.79 Å². The maximum absolute atomic E-state index is 13.5. The van der Waals surface area contributed by atoms with Crippen molar-refractivity contribution in [1.82, 2.24) is 9.97 Å². The number of hydrogen-bond donors (Lipinski definition) is 2. The number of nitrogens with two attached hydrogens (primary N) is 1. The maximum Gasteiger partial charge on any atom is 0.229 e. The van der Waals surface area contributed by atoms with Crippen molar-refractivity contribution in [2.75, 3.05) is 11.1 Å². The molecule has 122 valence electrons. The van der Waals surface area contributed by atoms with Gasteiger partial charge in [0.15, 0.2) is 5.13 Å². The standard InChI is InChI=1S/C16H13FN4O2S/c17-10-7-9(3-4-11(10)18)23-13-6-5-12-15(20-13)24-16(19-12)21-14(22)8-1-2-8/h3-8H,1-2,18H2,(H,19,21,22). The average molecular weight is 344 g/mol. The van der Waals surface area contributed by atoms with E-state index in [-0.39, 0.29) is 17.5 Å². The van der Waals surface area contributed by atoms with Crippen molar-refractivity contribution in [3.63, 3.8) is 0 Å². The third-order valence-electron chi connectivity index (χ3n) is 3.60. The number of halogens is 1. The van der Waals surface area contributed by atoms with E-state index in [1.54, 1.807) is 18.2 Å². The molecule has 3 N–H and O–H groups in total. The first-order chi connectivity index (χ1) is 11.6. The van der Waals surface area contributed by atoms with Gasteiger partial charge >= 0.3 is 0 Å². The summed E-state index contributed by atoms with van der Waals surface area (Å²) in [5, 5.41) is 3.32. The highest BCUT2D eigenvalue weighted by molar-refractivity contribution is 7.21. The molecule has 0 spiro atoms. The summed E-state index contributed by atoms with van der Waals surface area (Å²) >= 11 is 1.27. The van der Waals surface area contributed by atoms with Crippen molar-refractivity contribution in [3.8, 4) is 11.6 Å². The number of hydrogen-bond acceptors (Lipinski definition) is 6. The summed E-state index contributed by atoms with van der Waals surface area (Å²) in [6.45, 7) is 0. The molecule has 3 aromatic rings. The van der Waals surface area contributed by atoms with Gasteiger partial charge in [-0.25, -0.2) is 14.4 Å². The van der Waals surface area contributed by atoms with E-state index in [2.05, 4.69) is 15.3 Å². The molecule has 0 saturated heterocycles. The smallest absolute Gasteiger partial charge is 0.229 e. The van der Waals surface area contributed by atoms with Gasteiger partial charge in [-0.15, -0.1) is 0 Å². The third kappa shape index (κ3) is 3.00. The van der Waals surface area contributed by atoms with Crippen LogP contribution in [-0.4, -0.2) is 15.9 Å². The monoisotopic (exact) mass is 344 g/mol. The lowest BCUT2D eigenvalue weighted by Gasteiger charge is -2.05. The molecule has 1 fully saturated rings. The summed E-state index contributed by atoms with van der Waals surface area (Å²) in [4.78, 5) is 21.1.